The minimum Gasteiger partial charge on any atom is -0.241 e. The molecule has 0 radical (unpaired) electrons. The van der Waals surface area contributed by atoms with Crippen molar-refractivity contribution >= 4 is 54.7 Å². The molecule has 0 atom stereocenters. The quantitative estimate of drug-likeness (QED) is 0.403. The zero-order valence-electron chi connectivity index (χ0n) is 11.0. The van der Waals surface area contributed by atoms with Gasteiger partial charge in [0.15, 0.2) is 0 Å². The van der Waals surface area contributed by atoms with Gasteiger partial charge in [0.2, 0.25) is 0 Å². The third-order valence-corrected chi connectivity index (χ3v) is 5.07. The van der Waals surface area contributed by atoms with Crippen LogP contribution in [0.2, 0.25) is 5.02 Å². The summed E-state index contributed by atoms with van der Waals surface area (Å²) < 4.78 is 1.25. The summed E-state index contributed by atoms with van der Waals surface area (Å²) >= 11 is 7.97. The van der Waals surface area contributed by atoms with E-state index in [4.69, 9.17) is 16.6 Å². The number of aryl methyl sites for hydroxylation is 1. The van der Waals surface area contributed by atoms with Crippen LogP contribution in [0.3, 0.4) is 0 Å². The van der Waals surface area contributed by atoms with Crippen molar-refractivity contribution in [1.29, 1.82) is 0 Å². The topological polar surface area (TPSA) is 12.9 Å². The number of nitrogens with zero attached hydrogens (tertiary/aromatic N) is 1. The van der Waals surface area contributed by atoms with Crippen LogP contribution in [-0.2, 0) is 6.42 Å². The van der Waals surface area contributed by atoms with Crippen LogP contribution in [0.25, 0.3) is 31.8 Å². The molecule has 0 aliphatic rings. The number of fused-ring (bicyclic) bond motifs is 5. The zero-order valence-corrected chi connectivity index (χ0v) is 12.6. The number of hydrogen-bond donors (Lipinski definition) is 0. The fraction of sp³-hybridized carbons (Fsp3) is 0.118. The maximum absolute atomic E-state index is 6.18. The van der Waals surface area contributed by atoms with Gasteiger partial charge in [0.05, 0.1) is 15.2 Å². The van der Waals surface area contributed by atoms with E-state index in [0.29, 0.717) is 0 Å². The molecule has 0 saturated heterocycles. The Kier molecular flexibility index (Phi) is 2.69. The lowest BCUT2D eigenvalue weighted by atomic mass is 10.0. The minimum absolute atomic E-state index is 0.771. The first-order valence-corrected chi connectivity index (χ1v) is 7.86. The van der Waals surface area contributed by atoms with Crippen molar-refractivity contribution in [3.63, 3.8) is 0 Å². The molecule has 20 heavy (non-hydrogen) atoms. The van der Waals surface area contributed by atoms with Crippen LogP contribution in [0.1, 0.15) is 11.9 Å². The van der Waals surface area contributed by atoms with E-state index in [1.165, 1.54) is 31.3 Å². The molecule has 0 aliphatic carbocycles. The van der Waals surface area contributed by atoms with E-state index in [-0.39, 0.29) is 0 Å². The first-order chi connectivity index (χ1) is 9.76. The summed E-state index contributed by atoms with van der Waals surface area (Å²) in [6, 6.07) is 14.7. The Labute approximate surface area is 125 Å². The summed E-state index contributed by atoms with van der Waals surface area (Å²) in [7, 11) is 0. The summed E-state index contributed by atoms with van der Waals surface area (Å²) in [5, 5.41) is 6.80. The van der Waals surface area contributed by atoms with Crippen LogP contribution in [0.5, 0.6) is 0 Å². The second-order valence-corrected chi connectivity index (χ2v) is 6.45. The van der Waals surface area contributed by atoms with Gasteiger partial charge in [-0.15, -0.1) is 11.3 Å². The summed E-state index contributed by atoms with van der Waals surface area (Å²) in [5.74, 6) is 0. The number of halogens is 1. The molecule has 0 amide bonds. The van der Waals surface area contributed by atoms with Crippen molar-refractivity contribution in [1.82, 2.24) is 4.98 Å². The molecule has 3 aromatic carbocycles. The lowest BCUT2D eigenvalue weighted by Gasteiger charge is -2.05. The van der Waals surface area contributed by atoms with E-state index in [2.05, 4.69) is 37.3 Å². The van der Waals surface area contributed by atoms with Crippen LogP contribution in [-0.4, -0.2) is 4.98 Å². The van der Waals surface area contributed by atoms with Gasteiger partial charge in [-0.05, 0) is 40.8 Å². The molecular weight excluding hydrogens is 286 g/mol. The van der Waals surface area contributed by atoms with Crippen LogP contribution >= 0.6 is 22.9 Å². The van der Waals surface area contributed by atoms with Crippen LogP contribution < -0.4 is 0 Å². The molecule has 3 heteroatoms. The molecule has 0 unspecified atom stereocenters. The standard InChI is InChI=1S/C17H12ClNS/c1-2-15-19-17-14(20-15)8-6-11-4-3-10-5-7-12(18)9-13(10)16(11)17/h3-9H,2H2,1H3. The van der Waals surface area contributed by atoms with Crippen molar-refractivity contribution in [2.75, 3.05) is 0 Å². The van der Waals surface area contributed by atoms with Gasteiger partial charge in [-0.25, -0.2) is 4.98 Å². The van der Waals surface area contributed by atoms with Gasteiger partial charge < -0.3 is 0 Å². The third-order valence-electron chi connectivity index (χ3n) is 3.67. The minimum atomic E-state index is 0.771. The molecule has 4 aromatic rings. The first-order valence-electron chi connectivity index (χ1n) is 6.66. The summed E-state index contributed by atoms with van der Waals surface area (Å²) in [5.41, 5.74) is 1.11. The highest BCUT2D eigenvalue weighted by Crippen LogP contribution is 2.35. The predicted molar refractivity (Wildman–Crippen MR) is 89.0 cm³/mol. The number of benzene rings is 3. The number of thiazole rings is 1. The summed E-state index contributed by atoms with van der Waals surface area (Å²) in [4.78, 5) is 4.81. The highest BCUT2D eigenvalue weighted by Gasteiger charge is 2.10. The Balaban J connectivity index is 2.27. The average Bonchev–Trinajstić information content (AvgIpc) is 2.89. The van der Waals surface area contributed by atoms with Gasteiger partial charge in [0.25, 0.3) is 0 Å². The maximum Gasteiger partial charge on any atom is 0.0936 e. The van der Waals surface area contributed by atoms with E-state index in [9.17, 15) is 0 Å². The molecule has 0 spiro atoms. The van der Waals surface area contributed by atoms with Gasteiger partial charge in [-0.3, -0.25) is 0 Å². The molecule has 0 saturated carbocycles. The van der Waals surface area contributed by atoms with Crippen molar-refractivity contribution in [3.05, 3.63) is 52.5 Å². The summed E-state index contributed by atoms with van der Waals surface area (Å²) in [6.07, 6.45) is 0.979. The Hall–Kier alpha value is -1.64. The summed E-state index contributed by atoms with van der Waals surface area (Å²) in [6.45, 7) is 2.15. The van der Waals surface area contributed by atoms with Gasteiger partial charge in [-0.1, -0.05) is 42.8 Å². The molecule has 0 fully saturated rings. The largest absolute Gasteiger partial charge is 0.241 e. The number of aromatic nitrogens is 1. The van der Waals surface area contributed by atoms with E-state index < -0.39 is 0 Å². The fourth-order valence-corrected chi connectivity index (χ4v) is 3.79. The van der Waals surface area contributed by atoms with E-state index >= 15 is 0 Å². The smallest absolute Gasteiger partial charge is 0.0936 e. The molecule has 0 aliphatic heterocycles. The van der Waals surface area contributed by atoms with Gasteiger partial charge in [0, 0.05) is 10.4 Å². The van der Waals surface area contributed by atoms with Gasteiger partial charge in [0.1, 0.15) is 0 Å². The Bertz CT molecular complexity index is 955. The van der Waals surface area contributed by atoms with Crippen molar-refractivity contribution in [2.24, 2.45) is 0 Å². The van der Waals surface area contributed by atoms with Crippen molar-refractivity contribution < 1.29 is 0 Å². The molecule has 1 heterocycles. The molecule has 0 N–H and O–H groups in total. The van der Waals surface area contributed by atoms with Gasteiger partial charge in [-0.2, -0.15) is 0 Å². The van der Waals surface area contributed by atoms with Crippen molar-refractivity contribution in [2.45, 2.75) is 13.3 Å². The lowest BCUT2D eigenvalue weighted by Crippen LogP contribution is -1.81. The monoisotopic (exact) mass is 297 g/mol. The van der Waals surface area contributed by atoms with Crippen LogP contribution in [0.4, 0.5) is 0 Å². The maximum atomic E-state index is 6.18. The normalized spacial score (nSPS) is 11.7. The second-order valence-electron chi connectivity index (χ2n) is 4.90. The highest BCUT2D eigenvalue weighted by molar-refractivity contribution is 7.18. The molecular formula is C17H12ClNS. The highest BCUT2D eigenvalue weighted by atomic mass is 35.5. The van der Waals surface area contributed by atoms with Crippen LogP contribution in [0.15, 0.2) is 42.5 Å². The average molecular weight is 298 g/mol. The SMILES string of the molecule is CCc1nc2c(ccc3ccc4ccc(Cl)cc4c32)s1. The number of rotatable bonds is 1. The zero-order chi connectivity index (χ0) is 13.7. The van der Waals surface area contributed by atoms with E-state index in [0.717, 1.165) is 17.0 Å². The fourth-order valence-electron chi connectivity index (χ4n) is 2.70. The third kappa shape index (κ3) is 1.72. The van der Waals surface area contributed by atoms with E-state index in [1.54, 1.807) is 11.3 Å². The Morgan fingerprint density at radius 1 is 1.05 bits per heavy atom. The van der Waals surface area contributed by atoms with Crippen LogP contribution in [0, 0.1) is 0 Å². The molecule has 4 rings (SSSR count). The number of hydrogen-bond acceptors (Lipinski definition) is 2. The molecule has 98 valence electrons. The lowest BCUT2D eigenvalue weighted by molar-refractivity contribution is 1.11. The predicted octanol–water partition coefficient (Wildman–Crippen LogP) is 5.82. The molecule has 0 bridgehead atoms. The Morgan fingerprint density at radius 2 is 1.80 bits per heavy atom. The van der Waals surface area contributed by atoms with Crippen molar-refractivity contribution in [3.8, 4) is 0 Å². The second kappa shape index (κ2) is 4.44. The Morgan fingerprint density at radius 3 is 2.65 bits per heavy atom. The van der Waals surface area contributed by atoms with Gasteiger partial charge >= 0.3 is 0 Å². The molecule has 1 aromatic heterocycles. The molecule has 1 nitrogen and oxygen atoms in total. The first kappa shape index (κ1) is 12.1. The van der Waals surface area contributed by atoms with E-state index in [1.807, 2.05) is 12.1 Å².